The molecule has 6 nitrogen and oxygen atoms in total. The summed E-state index contributed by atoms with van der Waals surface area (Å²) >= 11 is 0. The number of benzene rings is 2. The van der Waals surface area contributed by atoms with Crippen LogP contribution in [-0.4, -0.2) is 22.1 Å². The number of hydrogen-bond acceptors (Lipinski definition) is 4. The fourth-order valence-corrected chi connectivity index (χ4v) is 3.76. The van der Waals surface area contributed by atoms with E-state index >= 15 is 0 Å². The number of aromatic nitrogens is 2. The van der Waals surface area contributed by atoms with Crippen LogP contribution in [0.5, 0.6) is 0 Å². The van der Waals surface area contributed by atoms with Crippen molar-refractivity contribution in [1.29, 1.82) is 5.26 Å². The highest BCUT2D eigenvalue weighted by atomic mass is 16.2. The number of nitriles is 1. The van der Waals surface area contributed by atoms with Gasteiger partial charge in [0.15, 0.2) is 0 Å². The van der Waals surface area contributed by atoms with Gasteiger partial charge in [-0.2, -0.15) is 10.4 Å². The molecule has 1 saturated carbocycles. The van der Waals surface area contributed by atoms with Crippen LogP contribution in [0.3, 0.4) is 0 Å². The Labute approximate surface area is 168 Å². The fraction of sp³-hybridized carbons (Fsp3) is 0.217. The van der Waals surface area contributed by atoms with Gasteiger partial charge in [-0.15, -0.1) is 0 Å². The lowest BCUT2D eigenvalue weighted by atomic mass is 9.78. The molecule has 1 heterocycles. The predicted molar refractivity (Wildman–Crippen MR) is 110 cm³/mol. The lowest BCUT2D eigenvalue weighted by Crippen LogP contribution is -2.45. The number of amides is 1. The normalized spacial score (nSPS) is 17.8. The summed E-state index contributed by atoms with van der Waals surface area (Å²) in [5.41, 5.74) is 2.19. The molecule has 29 heavy (non-hydrogen) atoms. The number of nitrogens with zero attached hydrogens (tertiary/aromatic N) is 2. The van der Waals surface area contributed by atoms with E-state index in [9.17, 15) is 9.59 Å². The van der Waals surface area contributed by atoms with E-state index < -0.39 is 11.5 Å². The summed E-state index contributed by atoms with van der Waals surface area (Å²) in [6, 6.07) is 21.0. The minimum Gasteiger partial charge on any atom is -0.349 e. The van der Waals surface area contributed by atoms with Gasteiger partial charge in [0, 0.05) is 23.6 Å². The van der Waals surface area contributed by atoms with Crippen LogP contribution in [0.25, 0.3) is 22.4 Å². The van der Waals surface area contributed by atoms with Gasteiger partial charge in [-0.1, -0.05) is 60.7 Å². The Morgan fingerprint density at radius 2 is 1.69 bits per heavy atom. The maximum absolute atomic E-state index is 13.1. The molecule has 0 saturated heterocycles. The SMILES string of the molecule is N#CCC1CC(NC(=O)c2c(-c3ccccc3)c(-c3ccccc3)n[nH]c2=O)C1. The number of nitrogens with one attached hydrogen (secondary N) is 2. The van der Waals surface area contributed by atoms with Crippen LogP contribution in [0.15, 0.2) is 65.5 Å². The van der Waals surface area contributed by atoms with Crippen LogP contribution in [0, 0.1) is 17.2 Å². The quantitative estimate of drug-likeness (QED) is 0.703. The lowest BCUT2D eigenvalue weighted by molar-refractivity contribution is 0.0890. The van der Waals surface area contributed by atoms with Gasteiger partial charge in [-0.25, -0.2) is 5.10 Å². The zero-order valence-electron chi connectivity index (χ0n) is 15.8. The molecule has 0 spiro atoms. The van der Waals surface area contributed by atoms with Gasteiger partial charge < -0.3 is 5.32 Å². The molecular weight excluding hydrogens is 364 g/mol. The minimum absolute atomic E-state index is 0.0165. The van der Waals surface area contributed by atoms with Gasteiger partial charge in [-0.3, -0.25) is 9.59 Å². The van der Waals surface area contributed by atoms with Crippen molar-refractivity contribution < 1.29 is 4.79 Å². The molecule has 0 radical (unpaired) electrons. The number of hydrogen-bond donors (Lipinski definition) is 2. The molecule has 2 N–H and O–H groups in total. The summed E-state index contributed by atoms with van der Waals surface area (Å²) in [6.07, 6.45) is 2.01. The molecule has 0 aliphatic heterocycles. The molecule has 0 unspecified atom stereocenters. The summed E-state index contributed by atoms with van der Waals surface area (Å²) in [4.78, 5) is 25.8. The first-order valence-electron chi connectivity index (χ1n) is 9.58. The van der Waals surface area contributed by atoms with E-state index in [0.717, 1.165) is 24.0 Å². The molecule has 1 amide bonds. The lowest BCUT2D eigenvalue weighted by Gasteiger charge is -2.34. The maximum Gasteiger partial charge on any atom is 0.277 e. The van der Waals surface area contributed by atoms with E-state index in [1.54, 1.807) is 0 Å². The molecule has 144 valence electrons. The van der Waals surface area contributed by atoms with Crippen molar-refractivity contribution in [2.24, 2.45) is 5.92 Å². The van der Waals surface area contributed by atoms with Crippen LogP contribution in [-0.2, 0) is 0 Å². The third kappa shape index (κ3) is 3.81. The summed E-state index contributed by atoms with van der Waals surface area (Å²) < 4.78 is 0. The number of carbonyl (C=O) groups excluding carboxylic acids is 1. The molecule has 1 aromatic heterocycles. The second-order valence-corrected chi connectivity index (χ2v) is 7.25. The van der Waals surface area contributed by atoms with E-state index in [2.05, 4.69) is 21.6 Å². The van der Waals surface area contributed by atoms with Crippen LogP contribution < -0.4 is 10.9 Å². The molecule has 4 rings (SSSR count). The monoisotopic (exact) mass is 384 g/mol. The van der Waals surface area contributed by atoms with Crippen molar-refractivity contribution in [2.45, 2.75) is 25.3 Å². The molecule has 2 aromatic carbocycles. The van der Waals surface area contributed by atoms with Crippen molar-refractivity contribution >= 4 is 5.91 Å². The largest absolute Gasteiger partial charge is 0.349 e. The van der Waals surface area contributed by atoms with Crippen LogP contribution in [0.1, 0.15) is 29.6 Å². The standard InChI is InChI=1S/C23H20N4O2/c24-12-11-15-13-18(14-15)25-22(28)20-19(16-7-3-1-4-8-16)21(26-27-23(20)29)17-9-5-2-6-10-17/h1-10,15,18H,11,13-14H2,(H,25,28)(H,27,29). The molecular formula is C23H20N4O2. The topological polar surface area (TPSA) is 98.6 Å². The average molecular weight is 384 g/mol. The van der Waals surface area contributed by atoms with E-state index in [0.29, 0.717) is 23.6 Å². The molecule has 1 aliphatic carbocycles. The smallest absolute Gasteiger partial charge is 0.277 e. The fourth-order valence-electron chi connectivity index (χ4n) is 3.76. The second kappa shape index (κ2) is 8.11. The zero-order chi connectivity index (χ0) is 20.2. The first kappa shape index (κ1) is 18.6. The molecule has 1 aliphatic rings. The Kier molecular flexibility index (Phi) is 5.21. The van der Waals surface area contributed by atoms with Crippen LogP contribution >= 0.6 is 0 Å². The minimum atomic E-state index is -0.520. The molecule has 0 bridgehead atoms. The number of aromatic amines is 1. The van der Waals surface area contributed by atoms with E-state index in [4.69, 9.17) is 5.26 Å². The summed E-state index contributed by atoms with van der Waals surface area (Å²) in [7, 11) is 0. The predicted octanol–water partition coefficient (Wildman–Crippen LogP) is 3.53. The summed E-state index contributed by atoms with van der Waals surface area (Å²) in [5, 5.41) is 18.5. The van der Waals surface area contributed by atoms with Gasteiger partial charge in [0.1, 0.15) is 5.56 Å². The molecule has 0 atom stereocenters. The summed E-state index contributed by atoms with van der Waals surface area (Å²) in [5.74, 6) is -0.0976. The first-order chi connectivity index (χ1) is 14.2. The molecule has 3 aromatic rings. The third-order valence-corrected chi connectivity index (χ3v) is 5.27. The van der Waals surface area contributed by atoms with Gasteiger partial charge in [-0.05, 0) is 24.3 Å². The summed E-state index contributed by atoms with van der Waals surface area (Å²) in [6.45, 7) is 0. The Morgan fingerprint density at radius 3 is 2.31 bits per heavy atom. The van der Waals surface area contributed by atoms with Crippen molar-refractivity contribution in [3.8, 4) is 28.5 Å². The molecule has 1 fully saturated rings. The molecule has 6 heteroatoms. The van der Waals surface area contributed by atoms with Gasteiger partial charge in [0.2, 0.25) is 0 Å². The highest BCUT2D eigenvalue weighted by Gasteiger charge is 2.32. The number of H-pyrrole nitrogens is 1. The Bertz CT molecular complexity index is 1110. The Balaban J connectivity index is 1.76. The van der Waals surface area contributed by atoms with Gasteiger partial charge >= 0.3 is 0 Å². The highest BCUT2D eigenvalue weighted by Crippen LogP contribution is 2.33. The van der Waals surface area contributed by atoms with E-state index in [-0.39, 0.29) is 11.6 Å². The van der Waals surface area contributed by atoms with E-state index in [1.807, 2.05) is 60.7 Å². The van der Waals surface area contributed by atoms with Crippen molar-refractivity contribution in [1.82, 2.24) is 15.5 Å². The second-order valence-electron chi connectivity index (χ2n) is 7.25. The van der Waals surface area contributed by atoms with E-state index in [1.165, 1.54) is 0 Å². The Morgan fingerprint density at radius 1 is 1.07 bits per heavy atom. The van der Waals surface area contributed by atoms with Gasteiger partial charge in [0.25, 0.3) is 11.5 Å². The van der Waals surface area contributed by atoms with Gasteiger partial charge in [0.05, 0.1) is 11.8 Å². The van der Waals surface area contributed by atoms with Crippen molar-refractivity contribution in [3.63, 3.8) is 0 Å². The highest BCUT2D eigenvalue weighted by molar-refractivity contribution is 6.03. The van der Waals surface area contributed by atoms with Crippen molar-refractivity contribution in [2.75, 3.05) is 0 Å². The Hall–Kier alpha value is -3.72. The number of carbonyl (C=O) groups is 1. The maximum atomic E-state index is 13.1. The number of rotatable bonds is 5. The zero-order valence-corrected chi connectivity index (χ0v) is 15.8. The average Bonchev–Trinajstić information content (AvgIpc) is 2.73. The van der Waals surface area contributed by atoms with Crippen LogP contribution in [0.4, 0.5) is 0 Å². The van der Waals surface area contributed by atoms with Crippen molar-refractivity contribution in [3.05, 3.63) is 76.6 Å². The van der Waals surface area contributed by atoms with Crippen LogP contribution in [0.2, 0.25) is 0 Å². The first-order valence-corrected chi connectivity index (χ1v) is 9.58. The third-order valence-electron chi connectivity index (χ3n) is 5.27.